The lowest BCUT2D eigenvalue weighted by Crippen LogP contribution is -2.42. The largest absolute Gasteiger partial charge is 0.433 e. The van der Waals surface area contributed by atoms with Crippen LogP contribution >= 0.6 is 0 Å². The summed E-state index contributed by atoms with van der Waals surface area (Å²) in [5.74, 6) is 1.22. The maximum Gasteiger partial charge on any atom is 0.433 e. The van der Waals surface area contributed by atoms with Crippen molar-refractivity contribution in [2.45, 2.75) is 44.9 Å². The average molecular weight is 339 g/mol. The second-order valence-electron chi connectivity index (χ2n) is 5.75. The topological polar surface area (TPSA) is 72.7 Å². The third kappa shape index (κ3) is 3.72. The van der Waals surface area contributed by atoms with Gasteiger partial charge < -0.3 is 5.32 Å². The molecule has 0 spiro atoms. The lowest BCUT2D eigenvalue weighted by atomic mass is 10.1. The van der Waals surface area contributed by atoms with Crippen LogP contribution in [0.4, 0.5) is 13.2 Å². The summed E-state index contributed by atoms with van der Waals surface area (Å²) < 4.78 is 39.7. The van der Waals surface area contributed by atoms with Gasteiger partial charge >= 0.3 is 6.18 Å². The van der Waals surface area contributed by atoms with Crippen molar-refractivity contribution in [3.05, 3.63) is 41.2 Å². The Labute approximate surface area is 136 Å². The maximum absolute atomic E-state index is 12.6. The number of rotatable bonds is 3. The predicted octanol–water partition coefficient (Wildman–Crippen LogP) is 1.67. The molecule has 0 aromatic carbocycles. The summed E-state index contributed by atoms with van der Waals surface area (Å²) in [5.41, 5.74) is -0.899. The first-order valence-electron chi connectivity index (χ1n) is 7.54. The van der Waals surface area contributed by atoms with Crippen LogP contribution in [0.3, 0.4) is 0 Å². The van der Waals surface area contributed by atoms with Gasteiger partial charge in [-0.05, 0) is 25.5 Å². The molecule has 0 saturated carbocycles. The Morgan fingerprint density at radius 1 is 1.38 bits per heavy atom. The predicted molar refractivity (Wildman–Crippen MR) is 78.0 cm³/mol. The highest BCUT2D eigenvalue weighted by Crippen LogP contribution is 2.27. The average Bonchev–Trinajstić information content (AvgIpc) is 2.86. The van der Waals surface area contributed by atoms with Crippen LogP contribution in [0, 0.1) is 6.92 Å². The molecule has 24 heavy (non-hydrogen) atoms. The van der Waals surface area contributed by atoms with Crippen molar-refractivity contribution in [1.29, 1.82) is 0 Å². The molecular formula is C15H16F3N5O. The fraction of sp³-hybridized carbons (Fsp3) is 0.467. The first-order chi connectivity index (χ1) is 11.3. The van der Waals surface area contributed by atoms with Crippen LogP contribution in [0.5, 0.6) is 0 Å². The number of pyridine rings is 1. The molecule has 6 nitrogen and oxygen atoms in total. The van der Waals surface area contributed by atoms with Crippen LogP contribution in [0.1, 0.15) is 29.5 Å². The molecule has 9 heteroatoms. The lowest BCUT2D eigenvalue weighted by molar-refractivity contribution is -0.141. The zero-order valence-electron chi connectivity index (χ0n) is 13.0. The van der Waals surface area contributed by atoms with Gasteiger partial charge in [-0.25, -0.2) is 14.6 Å². The fourth-order valence-electron chi connectivity index (χ4n) is 2.73. The molecule has 2 aromatic heterocycles. The summed E-state index contributed by atoms with van der Waals surface area (Å²) in [6.45, 7) is 2.32. The van der Waals surface area contributed by atoms with Crippen LogP contribution in [-0.2, 0) is 30.4 Å². The number of amides is 1. The van der Waals surface area contributed by atoms with Crippen LogP contribution in [0.2, 0.25) is 0 Å². The van der Waals surface area contributed by atoms with Crippen molar-refractivity contribution in [3.8, 4) is 0 Å². The summed E-state index contributed by atoms with van der Waals surface area (Å²) in [4.78, 5) is 19.9. The minimum absolute atomic E-state index is 0.0930. The van der Waals surface area contributed by atoms with Crippen molar-refractivity contribution >= 4 is 5.91 Å². The highest BCUT2D eigenvalue weighted by molar-refractivity contribution is 5.78. The van der Waals surface area contributed by atoms with Crippen LogP contribution in [0.15, 0.2) is 18.2 Å². The van der Waals surface area contributed by atoms with Gasteiger partial charge in [0.25, 0.3) is 0 Å². The molecule has 1 aliphatic rings. The molecule has 3 rings (SSSR count). The van der Waals surface area contributed by atoms with Gasteiger partial charge in [-0.3, -0.25) is 4.79 Å². The number of halogens is 3. The zero-order chi connectivity index (χ0) is 17.3. The lowest BCUT2D eigenvalue weighted by Gasteiger charge is -2.23. The van der Waals surface area contributed by atoms with Gasteiger partial charge in [-0.15, -0.1) is 0 Å². The maximum atomic E-state index is 12.6. The van der Waals surface area contributed by atoms with Crippen LogP contribution in [0.25, 0.3) is 0 Å². The number of alkyl halides is 3. The van der Waals surface area contributed by atoms with Gasteiger partial charge in [0.1, 0.15) is 17.3 Å². The van der Waals surface area contributed by atoms with E-state index in [1.54, 1.807) is 11.6 Å². The van der Waals surface area contributed by atoms with E-state index < -0.39 is 11.9 Å². The van der Waals surface area contributed by atoms with E-state index in [0.29, 0.717) is 18.8 Å². The summed E-state index contributed by atoms with van der Waals surface area (Å²) >= 11 is 0. The quantitative estimate of drug-likeness (QED) is 0.923. The summed E-state index contributed by atoms with van der Waals surface area (Å²) in [6.07, 6.45) is -3.28. The number of carbonyl (C=O) groups excluding carboxylic acids is 1. The Hall–Kier alpha value is -2.45. The van der Waals surface area contributed by atoms with Crippen molar-refractivity contribution in [2.24, 2.45) is 0 Å². The first kappa shape index (κ1) is 16.4. The highest BCUT2D eigenvalue weighted by atomic mass is 19.4. The molecule has 0 aliphatic carbocycles. The number of hydrogen-bond acceptors (Lipinski definition) is 4. The Morgan fingerprint density at radius 3 is 2.92 bits per heavy atom. The van der Waals surface area contributed by atoms with Crippen LogP contribution < -0.4 is 5.32 Å². The molecule has 0 fully saturated rings. The molecule has 0 bridgehead atoms. The minimum Gasteiger partial charge on any atom is -0.351 e. The van der Waals surface area contributed by atoms with E-state index in [-0.39, 0.29) is 24.1 Å². The number of hydrogen-bond donors (Lipinski definition) is 1. The summed E-state index contributed by atoms with van der Waals surface area (Å²) in [5, 5.41) is 7.08. The van der Waals surface area contributed by atoms with Crippen molar-refractivity contribution in [1.82, 2.24) is 25.1 Å². The Balaban J connectivity index is 1.60. The van der Waals surface area contributed by atoms with Gasteiger partial charge in [-0.2, -0.15) is 18.3 Å². The third-order valence-corrected chi connectivity index (χ3v) is 3.77. The van der Waals surface area contributed by atoms with Crippen LogP contribution in [-0.4, -0.2) is 31.7 Å². The monoisotopic (exact) mass is 339 g/mol. The van der Waals surface area contributed by atoms with E-state index >= 15 is 0 Å². The van der Waals surface area contributed by atoms with E-state index in [9.17, 15) is 18.0 Å². The zero-order valence-corrected chi connectivity index (χ0v) is 13.0. The van der Waals surface area contributed by atoms with Crippen molar-refractivity contribution in [2.75, 3.05) is 0 Å². The SMILES string of the molecule is Cc1nc2n(n1)CC(NC(=O)Cc1cccc(C(F)(F)F)n1)CC2. The van der Waals surface area contributed by atoms with Crippen molar-refractivity contribution in [3.63, 3.8) is 0 Å². The molecule has 1 unspecified atom stereocenters. The van der Waals surface area contributed by atoms with Gasteiger partial charge in [0.05, 0.1) is 18.7 Å². The van der Waals surface area contributed by atoms with E-state index in [1.165, 1.54) is 12.1 Å². The molecule has 1 amide bonds. The normalized spacial score (nSPS) is 17.4. The van der Waals surface area contributed by atoms with E-state index in [1.807, 2.05) is 0 Å². The molecule has 3 heterocycles. The van der Waals surface area contributed by atoms with Gasteiger partial charge in [0, 0.05) is 12.5 Å². The summed E-state index contributed by atoms with van der Waals surface area (Å²) in [6, 6.07) is 3.44. The fourth-order valence-corrected chi connectivity index (χ4v) is 2.73. The second kappa shape index (κ2) is 6.21. The minimum atomic E-state index is -4.52. The smallest absolute Gasteiger partial charge is 0.351 e. The number of fused-ring (bicyclic) bond motifs is 1. The molecule has 2 aromatic rings. The second-order valence-corrected chi connectivity index (χ2v) is 5.75. The Kier molecular flexibility index (Phi) is 4.25. The van der Waals surface area contributed by atoms with E-state index in [2.05, 4.69) is 20.4 Å². The molecule has 0 saturated heterocycles. The van der Waals surface area contributed by atoms with Gasteiger partial charge in [-0.1, -0.05) is 6.07 Å². The number of aryl methyl sites for hydroxylation is 2. The number of nitrogens with zero attached hydrogens (tertiary/aromatic N) is 4. The standard InChI is InChI=1S/C15H16F3N5O/c1-9-19-13-6-5-11(8-23(13)22-9)21-14(24)7-10-3-2-4-12(20-10)15(16,17)18/h2-4,11H,5-8H2,1H3,(H,21,24). The molecule has 1 aliphatic heterocycles. The highest BCUT2D eigenvalue weighted by Gasteiger charge is 2.32. The van der Waals surface area contributed by atoms with E-state index in [4.69, 9.17) is 0 Å². The van der Waals surface area contributed by atoms with Gasteiger partial charge in [0.2, 0.25) is 5.91 Å². The molecule has 0 radical (unpaired) electrons. The number of nitrogens with one attached hydrogen (secondary N) is 1. The molecule has 128 valence electrons. The van der Waals surface area contributed by atoms with Crippen molar-refractivity contribution < 1.29 is 18.0 Å². The molecule has 1 atom stereocenters. The van der Waals surface area contributed by atoms with Gasteiger partial charge in [0.15, 0.2) is 0 Å². The van der Waals surface area contributed by atoms with E-state index in [0.717, 1.165) is 18.3 Å². The molecular weight excluding hydrogens is 323 g/mol. The summed E-state index contributed by atoms with van der Waals surface area (Å²) in [7, 11) is 0. The molecule has 1 N–H and O–H groups in total. The third-order valence-electron chi connectivity index (χ3n) is 3.77. The Bertz CT molecular complexity index is 756. The first-order valence-corrected chi connectivity index (χ1v) is 7.54. The number of carbonyl (C=O) groups is 1. The Morgan fingerprint density at radius 2 is 2.17 bits per heavy atom. The number of aromatic nitrogens is 4.